The van der Waals surface area contributed by atoms with E-state index in [0.29, 0.717) is 5.75 Å². The van der Waals surface area contributed by atoms with E-state index in [9.17, 15) is 9.00 Å². The van der Waals surface area contributed by atoms with Crippen molar-refractivity contribution in [3.8, 4) is 0 Å². The molecule has 21 heavy (non-hydrogen) atoms. The van der Waals surface area contributed by atoms with Crippen molar-refractivity contribution in [1.82, 2.24) is 0 Å². The fraction of sp³-hybridized carbons (Fsp3) is 0.235. The minimum atomic E-state index is -1.13. The zero-order valence-corrected chi connectivity index (χ0v) is 13.0. The number of hydrogen-bond donors (Lipinski definition) is 0. The van der Waals surface area contributed by atoms with Crippen LogP contribution in [-0.2, 0) is 32.5 Å². The van der Waals surface area contributed by atoms with Gasteiger partial charge >= 0.3 is 5.97 Å². The van der Waals surface area contributed by atoms with Crippen molar-refractivity contribution in [3.63, 3.8) is 0 Å². The topological polar surface area (TPSA) is 43.4 Å². The van der Waals surface area contributed by atoms with Crippen LogP contribution in [0.1, 0.15) is 16.7 Å². The Morgan fingerprint density at radius 3 is 2.33 bits per heavy atom. The van der Waals surface area contributed by atoms with Crippen LogP contribution in [0.2, 0.25) is 0 Å². The predicted octanol–water partition coefficient (Wildman–Crippen LogP) is 3.02. The molecular formula is C17H18O3S. The molecule has 0 heterocycles. The molecule has 0 aliphatic rings. The summed E-state index contributed by atoms with van der Waals surface area (Å²) in [5.41, 5.74) is 2.80. The van der Waals surface area contributed by atoms with Crippen molar-refractivity contribution in [1.29, 1.82) is 0 Å². The highest BCUT2D eigenvalue weighted by atomic mass is 32.2. The number of methoxy groups -OCH3 is 1. The highest BCUT2D eigenvalue weighted by Gasteiger charge is 2.12. The zero-order valence-electron chi connectivity index (χ0n) is 12.2. The van der Waals surface area contributed by atoms with Crippen molar-refractivity contribution in [2.24, 2.45) is 0 Å². The van der Waals surface area contributed by atoms with E-state index in [1.807, 2.05) is 55.5 Å². The molecule has 0 radical (unpaired) electrons. The van der Waals surface area contributed by atoms with E-state index in [4.69, 9.17) is 4.74 Å². The first kappa shape index (κ1) is 15.4. The van der Waals surface area contributed by atoms with E-state index < -0.39 is 10.8 Å². The Hall–Kier alpha value is -1.94. The first-order valence-corrected chi connectivity index (χ1v) is 8.01. The van der Waals surface area contributed by atoms with Crippen LogP contribution in [0.4, 0.5) is 0 Å². The van der Waals surface area contributed by atoms with Gasteiger partial charge in [0.05, 0.1) is 30.1 Å². The number of carbonyl (C=O) groups is 1. The SMILES string of the molecule is COC(=O)Cc1ccccc1CS(=O)c1ccccc1C. The number of aryl methyl sites for hydroxylation is 1. The Morgan fingerprint density at radius 1 is 1.05 bits per heavy atom. The molecule has 2 rings (SSSR count). The average molecular weight is 302 g/mol. The number of benzene rings is 2. The maximum atomic E-state index is 12.5. The third kappa shape index (κ3) is 4.02. The zero-order chi connectivity index (χ0) is 15.2. The summed E-state index contributed by atoms with van der Waals surface area (Å²) in [4.78, 5) is 12.3. The smallest absolute Gasteiger partial charge is 0.309 e. The molecule has 2 aromatic rings. The minimum Gasteiger partial charge on any atom is -0.469 e. The van der Waals surface area contributed by atoms with Gasteiger partial charge in [0.1, 0.15) is 0 Å². The summed E-state index contributed by atoms with van der Waals surface area (Å²) in [6, 6.07) is 15.2. The normalized spacial score (nSPS) is 11.9. The third-order valence-corrected chi connectivity index (χ3v) is 4.83. The molecule has 1 atom stereocenters. The summed E-state index contributed by atoms with van der Waals surface area (Å²) in [5.74, 6) is 0.113. The van der Waals surface area contributed by atoms with Gasteiger partial charge in [-0.2, -0.15) is 0 Å². The highest BCUT2D eigenvalue weighted by Crippen LogP contribution is 2.19. The number of ether oxygens (including phenoxy) is 1. The molecule has 3 nitrogen and oxygen atoms in total. The molecule has 0 aromatic heterocycles. The minimum absolute atomic E-state index is 0.206. The van der Waals surface area contributed by atoms with E-state index in [1.165, 1.54) is 7.11 Å². The Morgan fingerprint density at radius 2 is 1.67 bits per heavy atom. The summed E-state index contributed by atoms with van der Waals surface area (Å²) < 4.78 is 17.2. The van der Waals surface area contributed by atoms with Gasteiger partial charge in [-0.15, -0.1) is 0 Å². The Kier molecular flexibility index (Phi) is 5.28. The van der Waals surface area contributed by atoms with Crippen molar-refractivity contribution < 1.29 is 13.7 Å². The van der Waals surface area contributed by atoms with Crippen LogP contribution >= 0.6 is 0 Å². The second-order valence-corrected chi connectivity index (χ2v) is 6.20. The number of carbonyl (C=O) groups excluding carboxylic acids is 1. The van der Waals surface area contributed by atoms with Gasteiger partial charge in [0.25, 0.3) is 0 Å². The van der Waals surface area contributed by atoms with Gasteiger partial charge in [0, 0.05) is 4.90 Å². The van der Waals surface area contributed by atoms with E-state index in [0.717, 1.165) is 21.6 Å². The van der Waals surface area contributed by atoms with Gasteiger partial charge in [-0.3, -0.25) is 9.00 Å². The van der Waals surface area contributed by atoms with Gasteiger partial charge in [-0.05, 0) is 29.7 Å². The second kappa shape index (κ2) is 7.18. The fourth-order valence-electron chi connectivity index (χ4n) is 2.13. The molecule has 0 N–H and O–H groups in total. The molecule has 0 aliphatic carbocycles. The summed E-state index contributed by atoms with van der Waals surface area (Å²) in [6.45, 7) is 1.95. The number of rotatable bonds is 5. The Bertz CT molecular complexity index is 665. The molecule has 1 unspecified atom stereocenters. The molecule has 0 amide bonds. The molecule has 0 spiro atoms. The van der Waals surface area contributed by atoms with Crippen LogP contribution in [0.15, 0.2) is 53.4 Å². The lowest BCUT2D eigenvalue weighted by Crippen LogP contribution is -2.08. The maximum absolute atomic E-state index is 12.5. The van der Waals surface area contributed by atoms with E-state index >= 15 is 0 Å². The standard InChI is InChI=1S/C17H18O3S/c1-13-7-3-6-10-16(13)21(19)12-15-9-5-4-8-14(15)11-17(18)20-2/h3-10H,11-12H2,1-2H3. The van der Waals surface area contributed by atoms with Crippen molar-refractivity contribution in [2.45, 2.75) is 24.0 Å². The van der Waals surface area contributed by atoms with Crippen molar-refractivity contribution in [3.05, 3.63) is 65.2 Å². The van der Waals surface area contributed by atoms with Crippen LogP contribution in [0, 0.1) is 6.92 Å². The average Bonchev–Trinajstić information content (AvgIpc) is 2.49. The molecule has 4 heteroatoms. The quantitative estimate of drug-likeness (QED) is 0.797. The number of esters is 1. The van der Waals surface area contributed by atoms with Crippen molar-refractivity contribution >= 4 is 16.8 Å². The Balaban J connectivity index is 2.22. The summed E-state index contributed by atoms with van der Waals surface area (Å²) in [7, 11) is 0.246. The highest BCUT2D eigenvalue weighted by molar-refractivity contribution is 7.84. The molecule has 0 saturated heterocycles. The number of hydrogen-bond acceptors (Lipinski definition) is 3. The van der Waals surface area contributed by atoms with Gasteiger partial charge in [-0.25, -0.2) is 0 Å². The van der Waals surface area contributed by atoms with Crippen LogP contribution in [-0.4, -0.2) is 17.3 Å². The van der Waals surface area contributed by atoms with Crippen molar-refractivity contribution in [2.75, 3.05) is 7.11 Å². The molecule has 0 aliphatic heterocycles. The van der Waals surface area contributed by atoms with Gasteiger partial charge in [0.2, 0.25) is 0 Å². The fourth-order valence-corrected chi connectivity index (χ4v) is 3.51. The second-order valence-electron chi connectivity index (χ2n) is 4.78. The Labute approximate surface area is 127 Å². The monoisotopic (exact) mass is 302 g/mol. The first-order chi connectivity index (χ1) is 10.1. The van der Waals surface area contributed by atoms with Gasteiger partial charge in [-0.1, -0.05) is 42.5 Å². The van der Waals surface area contributed by atoms with E-state index in [2.05, 4.69) is 0 Å². The first-order valence-electron chi connectivity index (χ1n) is 6.69. The van der Waals surface area contributed by atoms with Crippen LogP contribution in [0.25, 0.3) is 0 Å². The van der Waals surface area contributed by atoms with Gasteiger partial charge in [0.15, 0.2) is 0 Å². The third-order valence-electron chi connectivity index (χ3n) is 3.31. The van der Waals surface area contributed by atoms with Crippen LogP contribution in [0.5, 0.6) is 0 Å². The summed E-state index contributed by atoms with van der Waals surface area (Å²) in [6.07, 6.45) is 0.206. The predicted molar refractivity (Wildman–Crippen MR) is 83.5 cm³/mol. The molecule has 0 fully saturated rings. The molecule has 110 valence electrons. The molecule has 0 bridgehead atoms. The molecular weight excluding hydrogens is 284 g/mol. The van der Waals surface area contributed by atoms with E-state index in [-0.39, 0.29) is 12.4 Å². The van der Waals surface area contributed by atoms with Gasteiger partial charge < -0.3 is 4.74 Å². The largest absolute Gasteiger partial charge is 0.469 e. The lowest BCUT2D eigenvalue weighted by atomic mass is 10.1. The lowest BCUT2D eigenvalue weighted by Gasteiger charge is -2.10. The maximum Gasteiger partial charge on any atom is 0.309 e. The summed E-state index contributed by atoms with van der Waals surface area (Å²) >= 11 is 0. The molecule has 0 saturated carbocycles. The lowest BCUT2D eigenvalue weighted by molar-refractivity contribution is -0.139. The van der Waals surface area contributed by atoms with Crippen LogP contribution < -0.4 is 0 Å². The van der Waals surface area contributed by atoms with E-state index in [1.54, 1.807) is 0 Å². The van der Waals surface area contributed by atoms with Crippen LogP contribution in [0.3, 0.4) is 0 Å². The molecule has 2 aromatic carbocycles. The summed E-state index contributed by atoms with van der Waals surface area (Å²) in [5, 5.41) is 0.